The predicted molar refractivity (Wildman–Crippen MR) is 129 cm³/mol. The minimum Gasteiger partial charge on any atom is -0.490 e. The van der Waals surface area contributed by atoms with Gasteiger partial charge in [-0.15, -0.1) is 0 Å². The molecule has 1 fully saturated rings. The molecule has 3 aromatic rings. The van der Waals surface area contributed by atoms with Gasteiger partial charge < -0.3 is 14.1 Å². The highest BCUT2D eigenvalue weighted by Crippen LogP contribution is 2.25. The van der Waals surface area contributed by atoms with E-state index < -0.39 is 10.0 Å². The Morgan fingerprint density at radius 1 is 1.06 bits per heavy atom. The van der Waals surface area contributed by atoms with Crippen molar-refractivity contribution < 1.29 is 22.4 Å². The maximum atomic E-state index is 13.3. The van der Waals surface area contributed by atoms with Gasteiger partial charge in [-0.3, -0.25) is 4.79 Å². The molecule has 1 aliphatic heterocycles. The molecule has 0 aliphatic carbocycles. The van der Waals surface area contributed by atoms with Crippen molar-refractivity contribution >= 4 is 15.9 Å². The van der Waals surface area contributed by atoms with Gasteiger partial charge in [-0.25, -0.2) is 13.1 Å². The molecule has 34 heavy (non-hydrogen) atoms. The number of hydrogen-bond acceptors (Lipinski definition) is 5. The maximum Gasteiger partial charge on any atom is 0.254 e. The first kappa shape index (κ1) is 24.0. The lowest BCUT2D eigenvalue weighted by Crippen LogP contribution is -2.42. The summed E-state index contributed by atoms with van der Waals surface area (Å²) in [6.07, 6.45) is 2.98. The summed E-state index contributed by atoms with van der Waals surface area (Å²) in [6, 6.07) is 14.2. The van der Waals surface area contributed by atoms with Crippen molar-refractivity contribution in [3.05, 3.63) is 82.8 Å². The minimum atomic E-state index is -3.79. The number of sulfonamides is 1. The smallest absolute Gasteiger partial charge is 0.254 e. The molecule has 8 heteroatoms. The first-order valence-corrected chi connectivity index (χ1v) is 12.9. The summed E-state index contributed by atoms with van der Waals surface area (Å²) in [4.78, 5) is 15.1. The van der Waals surface area contributed by atoms with Gasteiger partial charge >= 0.3 is 0 Å². The number of ether oxygens (including phenoxy) is 1. The zero-order valence-electron chi connectivity index (χ0n) is 19.7. The summed E-state index contributed by atoms with van der Waals surface area (Å²) in [6.45, 7) is 7.04. The molecular weight excluding hydrogens is 452 g/mol. The molecule has 180 valence electrons. The molecule has 0 saturated carbocycles. The number of furan rings is 1. The fourth-order valence-corrected chi connectivity index (χ4v) is 5.04. The Balaban J connectivity index is 1.41. The van der Waals surface area contributed by atoms with Crippen LogP contribution >= 0.6 is 0 Å². The van der Waals surface area contributed by atoms with Crippen molar-refractivity contribution in [3.63, 3.8) is 0 Å². The molecule has 1 N–H and O–H groups in total. The van der Waals surface area contributed by atoms with Crippen LogP contribution in [0.4, 0.5) is 0 Å². The molecule has 4 rings (SSSR count). The molecule has 1 aromatic heterocycles. The van der Waals surface area contributed by atoms with Crippen LogP contribution in [0, 0.1) is 20.8 Å². The quantitative estimate of drug-likeness (QED) is 0.540. The number of benzene rings is 2. The third-order valence-electron chi connectivity index (χ3n) is 6.13. The van der Waals surface area contributed by atoms with Crippen molar-refractivity contribution in [2.75, 3.05) is 13.1 Å². The average molecular weight is 483 g/mol. The van der Waals surface area contributed by atoms with Gasteiger partial charge in [-0.2, -0.15) is 0 Å². The van der Waals surface area contributed by atoms with Crippen molar-refractivity contribution in [2.45, 2.75) is 51.2 Å². The largest absolute Gasteiger partial charge is 0.490 e. The number of aryl methyl sites for hydroxylation is 3. The van der Waals surface area contributed by atoms with E-state index in [0.29, 0.717) is 24.4 Å². The number of amides is 1. The van der Waals surface area contributed by atoms with Crippen LogP contribution in [0.15, 0.2) is 64.1 Å². The van der Waals surface area contributed by atoms with Crippen LogP contribution in [0.5, 0.6) is 5.75 Å². The third-order valence-corrected chi connectivity index (χ3v) is 7.53. The van der Waals surface area contributed by atoms with E-state index in [9.17, 15) is 13.2 Å². The molecule has 2 aromatic carbocycles. The van der Waals surface area contributed by atoms with E-state index >= 15 is 0 Å². The molecule has 2 heterocycles. The molecule has 7 nitrogen and oxygen atoms in total. The molecule has 1 amide bonds. The van der Waals surface area contributed by atoms with Crippen molar-refractivity contribution in [1.29, 1.82) is 0 Å². The average Bonchev–Trinajstić information content (AvgIpc) is 3.34. The van der Waals surface area contributed by atoms with Gasteiger partial charge in [0.2, 0.25) is 10.0 Å². The van der Waals surface area contributed by atoms with Crippen LogP contribution in [0.1, 0.15) is 45.7 Å². The zero-order valence-corrected chi connectivity index (χ0v) is 20.5. The van der Waals surface area contributed by atoms with Crippen molar-refractivity contribution in [3.8, 4) is 5.75 Å². The van der Waals surface area contributed by atoms with Crippen LogP contribution in [-0.2, 0) is 16.6 Å². The van der Waals surface area contributed by atoms with Gasteiger partial charge in [-0.1, -0.05) is 18.2 Å². The van der Waals surface area contributed by atoms with Gasteiger partial charge in [0.1, 0.15) is 17.6 Å². The zero-order chi connectivity index (χ0) is 24.3. The van der Waals surface area contributed by atoms with E-state index in [4.69, 9.17) is 9.15 Å². The highest BCUT2D eigenvalue weighted by molar-refractivity contribution is 7.89. The molecule has 0 atom stereocenters. The van der Waals surface area contributed by atoms with Crippen LogP contribution in [0.2, 0.25) is 0 Å². The Morgan fingerprint density at radius 3 is 2.50 bits per heavy atom. The Morgan fingerprint density at radius 2 is 1.79 bits per heavy atom. The van der Waals surface area contributed by atoms with Crippen molar-refractivity contribution in [2.24, 2.45) is 0 Å². The first-order valence-electron chi connectivity index (χ1n) is 11.4. The number of nitrogens with one attached hydrogen (secondary N) is 1. The lowest BCUT2D eigenvalue weighted by atomic mass is 10.0. The SMILES string of the molecule is Cc1ccc(C)c(OC2CCN(C(=O)c3cc(S(=O)(=O)NCc4ccco4)ccc3C)CC2)c1. The van der Waals surface area contributed by atoms with E-state index in [0.717, 1.165) is 35.3 Å². The second-order valence-electron chi connectivity index (χ2n) is 8.76. The van der Waals surface area contributed by atoms with E-state index in [2.05, 4.69) is 16.9 Å². The number of nitrogens with zero attached hydrogens (tertiary/aromatic N) is 1. The molecule has 0 spiro atoms. The standard InChI is InChI=1S/C26H30N2O5S/c1-18-6-7-20(3)25(15-18)33-21-10-12-28(13-11-21)26(29)24-16-23(9-8-19(24)2)34(30,31)27-17-22-5-4-14-32-22/h4-9,14-16,21,27H,10-13,17H2,1-3H3. The van der Waals surface area contributed by atoms with Crippen molar-refractivity contribution in [1.82, 2.24) is 9.62 Å². The van der Waals surface area contributed by atoms with E-state index in [1.54, 1.807) is 23.1 Å². The molecule has 1 aliphatic rings. The van der Waals surface area contributed by atoms with E-state index in [-0.39, 0.29) is 23.5 Å². The summed E-state index contributed by atoms with van der Waals surface area (Å²) in [7, 11) is -3.79. The molecule has 0 unspecified atom stereocenters. The Hall–Kier alpha value is -3.10. The number of hydrogen-bond donors (Lipinski definition) is 1. The normalized spacial score (nSPS) is 14.9. The highest BCUT2D eigenvalue weighted by atomic mass is 32.2. The number of likely N-dealkylation sites (tertiary alicyclic amines) is 1. The van der Waals surface area contributed by atoms with Gasteiger partial charge in [-0.05, 0) is 67.8 Å². The first-order chi connectivity index (χ1) is 16.2. The number of carbonyl (C=O) groups excluding carboxylic acids is 1. The van der Waals surface area contributed by atoms with Gasteiger partial charge in [0, 0.05) is 31.5 Å². The summed E-state index contributed by atoms with van der Waals surface area (Å²) in [5, 5.41) is 0. The molecule has 0 radical (unpaired) electrons. The fourth-order valence-electron chi connectivity index (χ4n) is 4.02. The lowest BCUT2D eigenvalue weighted by Gasteiger charge is -2.33. The monoisotopic (exact) mass is 482 g/mol. The van der Waals surface area contributed by atoms with Gasteiger partial charge in [0.05, 0.1) is 17.7 Å². The predicted octanol–water partition coefficient (Wildman–Crippen LogP) is 4.37. The summed E-state index contributed by atoms with van der Waals surface area (Å²) in [5.41, 5.74) is 3.38. The van der Waals surface area contributed by atoms with Gasteiger partial charge in [0.25, 0.3) is 5.91 Å². The Kier molecular flexibility index (Phi) is 7.09. The molecular formula is C26H30N2O5S. The van der Waals surface area contributed by atoms with Crippen LogP contribution in [0.25, 0.3) is 0 Å². The topological polar surface area (TPSA) is 88.8 Å². The van der Waals surface area contributed by atoms with E-state index in [1.807, 2.05) is 26.8 Å². The number of rotatable bonds is 7. The highest BCUT2D eigenvalue weighted by Gasteiger charge is 2.27. The Bertz CT molecular complexity index is 1260. The molecule has 0 bridgehead atoms. The third kappa shape index (κ3) is 5.51. The van der Waals surface area contributed by atoms with Crippen LogP contribution in [0.3, 0.4) is 0 Å². The van der Waals surface area contributed by atoms with E-state index in [1.165, 1.54) is 18.4 Å². The number of piperidine rings is 1. The number of carbonyl (C=O) groups is 1. The van der Waals surface area contributed by atoms with Crippen LogP contribution in [-0.4, -0.2) is 38.4 Å². The van der Waals surface area contributed by atoms with Crippen LogP contribution < -0.4 is 9.46 Å². The minimum absolute atomic E-state index is 0.0421. The fraction of sp³-hybridized carbons (Fsp3) is 0.346. The molecule has 1 saturated heterocycles. The second-order valence-corrected chi connectivity index (χ2v) is 10.5. The Labute approximate surface area is 200 Å². The second kappa shape index (κ2) is 10.0. The van der Waals surface area contributed by atoms with Gasteiger partial charge in [0.15, 0.2) is 0 Å². The summed E-state index contributed by atoms with van der Waals surface area (Å²) >= 11 is 0. The lowest BCUT2D eigenvalue weighted by molar-refractivity contribution is 0.0593. The summed E-state index contributed by atoms with van der Waals surface area (Å²) < 4.78 is 39.4. The maximum absolute atomic E-state index is 13.3. The summed E-state index contributed by atoms with van der Waals surface area (Å²) in [5.74, 6) is 1.24.